The number of sulfonamides is 1. The Morgan fingerprint density at radius 3 is 2.20 bits per heavy atom. The van der Waals surface area contributed by atoms with Gasteiger partial charge in [-0.25, -0.2) is 8.42 Å². The SMILES string of the molecule is CCCCNC(=O)[C@H](C)N(CCc1ccccc1)C(=O)CN(c1ccc(C)cc1)S(=O)(=O)c1ccc(OCC)cc1. The van der Waals surface area contributed by atoms with Crippen LogP contribution < -0.4 is 14.4 Å². The summed E-state index contributed by atoms with van der Waals surface area (Å²) in [6.07, 6.45) is 2.29. The summed E-state index contributed by atoms with van der Waals surface area (Å²) in [7, 11) is -4.13. The Morgan fingerprint density at radius 1 is 0.927 bits per heavy atom. The molecule has 220 valence electrons. The standard InChI is InChI=1S/C32H41N3O5S/c1-5-7-22-33-32(37)26(4)34(23-21-27-11-9-8-10-12-27)31(36)24-35(28-15-13-25(3)14-16-28)41(38,39)30-19-17-29(18-20-30)40-6-2/h8-20,26H,5-7,21-24H2,1-4H3,(H,33,37)/t26-/m0/s1. The van der Waals surface area contributed by atoms with E-state index in [1.807, 2.05) is 51.1 Å². The molecule has 0 bridgehead atoms. The predicted octanol–water partition coefficient (Wildman–Crippen LogP) is 4.97. The fourth-order valence-corrected chi connectivity index (χ4v) is 5.76. The highest BCUT2D eigenvalue weighted by atomic mass is 32.2. The van der Waals surface area contributed by atoms with Crippen molar-refractivity contribution >= 4 is 27.5 Å². The lowest BCUT2D eigenvalue weighted by molar-refractivity contribution is -0.138. The number of aryl methyl sites for hydroxylation is 1. The molecule has 0 unspecified atom stereocenters. The summed E-state index contributed by atoms with van der Waals surface area (Å²) in [6, 6.07) is 22.0. The summed E-state index contributed by atoms with van der Waals surface area (Å²) < 4.78 is 34.5. The van der Waals surface area contributed by atoms with Gasteiger partial charge in [-0.3, -0.25) is 13.9 Å². The monoisotopic (exact) mass is 579 g/mol. The largest absolute Gasteiger partial charge is 0.494 e. The molecule has 0 aliphatic heterocycles. The molecule has 0 saturated carbocycles. The van der Waals surface area contributed by atoms with Crippen molar-refractivity contribution in [2.45, 2.75) is 57.9 Å². The van der Waals surface area contributed by atoms with Gasteiger partial charge in [-0.05, 0) is 75.6 Å². The molecule has 3 aromatic carbocycles. The molecule has 1 atom stereocenters. The van der Waals surface area contributed by atoms with Crippen LogP contribution in [0.4, 0.5) is 5.69 Å². The fraction of sp³-hybridized carbons (Fsp3) is 0.375. The van der Waals surface area contributed by atoms with Crippen LogP contribution in [0.15, 0.2) is 83.8 Å². The van der Waals surface area contributed by atoms with Crippen LogP contribution in [0.3, 0.4) is 0 Å². The number of ether oxygens (including phenoxy) is 1. The molecule has 9 heteroatoms. The first-order chi connectivity index (χ1) is 19.7. The van der Waals surface area contributed by atoms with Crippen molar-refractivity contribution in [1.29, 1.82) is 0 Å². The Balaban J connectivity index is 1.94. The Labute approximate surface area is 244 Å². The van der Waals surface area contributed by atoms with Crippen LogP contribution in [0, 0.1) is 6.92 Å². The smallest absolute Gasteiger partial charge is 0.264 e. The molecule has 0 spiro atoms. The van der Waals surface area contributed by atoms with Gasteiger partial charge in [0.15, 0.2) is 0 Å². The number of hydrogen-bond acceptors (Lipinski definition) is 5. The second-order valence-electron chi connectivity index (χ2n) is 9.89. The molecule has 0 aliphatic carbocycles. The van der Waals surface area contributed by atoms with E-state index >= 15 is 0 Å². The number of rotatable bonds is 15. The summed E-state index contributed by atoms with van der Waals surface area (Å²) in [6.45, 7) is 8.25. The molecule has 0 heterocycles. The van der Waals surface area contributed by atoms with Crippen LogP contribution in [-0.2, 0) is 26.0 Å². The molecule has 3 aromatic rings. The molecule has 41 heavy (non-hydrogen) atoms. The minimum atomic E-state index is -4.13. The maximum absolute atomic E-state index is 13.9. The Kier molecular flexibility index (Phi) is 11.8. The van der Waals surface area contributed by atoms with Gasteiger partial charge in [0, 0.05) is 13.1 Å². The zero-order valence-corrected chi connectivity index (χ0v) is 25.2. The summed E-state index contributed by atoms with van der Waals surface area (Å²) in [5.41, 5.74) is 2.34. The maximum atomic E-state index is 13.9. The van der Waals surface area contributed by atoms with Gasteiger partial charge in [-0.2, -0.15) is 0 Å². The van der Waals surface area contributed by atoms with Crippen LogP contribution in [0.2, 0.25) is 0 Å². The van der Waals surface area contributed by atoms with Crippen molar-refractivity contribution in [2.75, 3.05) is 30.5 Å². The van der Waals surface area contributed by atoms with Gasteiger partial charge in [0.05, 0.1) is 17.2 Å². The number of nitrogens with zero attached hydrogens (tertiary/aromatic N) is 2. The van der Waals surface area contributed by atoms with E-state index in [2.05, 4.69) is 5.32 Å². The quantitative estimate of drug-likeness (QED) is 0.257. The van der Waals surface area contributed by atoms with Crippen LogP contribution in [0.5, 0.6) is 5.75 Å². The lowest BCUT2D eigenvalue weighted by Crippen LogP contribution is -2.52. The van der Waals surface area contributed by atoms with Crippen molar-refractivity contribution in [3.05, 3.63) is 90.0 Å². The van der Waals surface area contributed by atoms with Crippen molar-refractivity contribution in [1.82, 2.24) is 10.2 Å². The second-order valence-corrected chi connectivity index (χ2v) is 11.8. The highest BCUT2D eigenvalue weighted by molar-refractivity contribution is 7.92. The first-order valence-electron chi connectivity index (χ1n) is 14.1. The zero-order chi connectivity index (χ0) is 29.8. The first-order valence-corrected chi connectivity index (χ1v) is 15.5. The van der Waals surface area contributed by atoms with Crippen LogP contribution >= 0.6 is 0 Å². The summed E-state index contributed by atoms with van der Waals surface area (Å²) >= 11 is 0. The summed E-state index contributed by atoms with van der Waals surface area (Å²) in [5, 5.41) is 2.90. The normalized spacial score (nSPS) is 11.9. The molecule has 1 N–H and O–H groups in total. The lowest BCUT2D eigenvalue weighted by atomic mass is 10.1. The molecule has 0 aromatic heterocycles. The van der Waals surface area contributed by atoms with Gasteiger partial charge in [0.25, 0.3) is 10.0 Å². The zero-order valence-electron chi connectivity index (χ0n) is 24.4. The topological polar surface area (TPSA) is 96.0 Å². The first kappa shape index (κ1) is 31.7. The number of benzene rings is 3. The van der Waals surface area contributed by atoms with E-state index in [4.69, 9.17) is 4.74 Å². The molecular formula is C32H41N3O5S. The second kappa shape index (κ2) is 15.2. The highest BCUT2D eigenvalue weighted by Gasteiger charge is 2.32. The number of carbonyl (C=O) groups excluding carboxylic acids is 2. The van der Waals surface area contributed by atoms with Crippen molar-refractivity contribution < 1.29 is 22.7 Å². The van der Waals surface area contributed by atoms with Crippen molar-refractivity contribution in [2.24, 2.45) is 0 Å². The van der Waals surface area contributed by atoms with E-state index in [9.17, 15) is 18.0 Å². The third-order valence-electron chi connectivity index (χ3n) is 6.80. The number of unbranched alkanes of at least 4 members (excludes halogenated alkanes) is 1. The molecule has 2 amide bonds. The minimum absolute atomic E-state index is 0.0375. The molecular weight excluding hydrogens is 538 g/mol. The molecule has 0 aliphatic rings. The maximum Gasteiger partial charge on any atom is 0.264 e. The van der Waals surface area contributed by atoms with Crippen LogP contribution in [0.25, 0.3) is 0 Å². The minimum Gasteiger partial charge on any atom is -0.494 e. The fourth-order valence-electron chi connectivity index (χ4n) is 4.35. The van der Waals surface area contributed by atoms with E-state index in [1.54, 1.807) is 43.3 Å². The van der Waals surface area contributed by atoms with E-state index < -0.39 is 28.5 Å². The number of nitrogens with one attached hydrogen (secondary N) is 1. The Morgan fingerprint density at radius 2 is 1.59 bits per heavy atom. The van der Waals surface area contributed by atoms with Gasteiger partial charge in [0.1, 0.15) is 18.3 Å². The van der Waals surface area contributed by atoms with Crippen molar-refractivity contribution in [3.8, 4) is 5.75 Å². The number of carbonyl (C=O) groups is 2. The number of hydrogen-bond donors (Lipinski definition) is 1. The van der Waals surface area contributed by atoms with Gasteiger partial charge >= 0.3 is 0 Å². The third-order valence-corrected chi connectivity index (χ3v) is 8.59. The lowest BCUT2D eigenvalue weighted by Gasteiger charge is -2.32. The molecule has 0 radical (unpaired) electrons. The van der Waals surface area contributed by atoms with Crippen LogP contribution in [-0.4, -0.2) is 57.4 Å². The molecule has 0 saturated heterocycles. The Bertz CT molecular complexity index is 1360. The summed E-state index contributed by atoms with van der Waals surface area (Å²) in [5.74, 6) is -0.176. The van der Waals surface area contributed by atoms with E-state index in [0.29, 0.717) is 31.0 Å². The van der Waals surface area contributed by atoms with E-state index in [-0.39, 0.29) is 17.3 Å². The average Bonchev–Trinajstić information content (AvgIpc) is 2.97. The van der Waals surface area contributed by atoms with Gasteiger partial charge in [0.2, 0.25) is 11.8 Å². The number of amides is 2. The average molecular weight is 580 g/mol. The number of anilines is 1. The third kappa shape index (κ3) is 8.82. The predicted molar refractivity (Wildman–Crippen MR) is 163 cm³/mol. The van der Waals surface area contributed by atoms with Gasteiger partial charge in [-0.15, -0.1) is 0 Å². The molecule has 8 nitrogen and oxygen atoms in total. The van der Waals surface area contributed by atoms with Crippen LogP contribution in [0.1, 0.15) is 44.7 Å². The Hall–Kier alpha value is -3.85. The summed E-state index contributed by atoms with van der Waals surface area (Å²) in [4.78, 5) is 28.5. The van der Waals surface area contributed by atoms with Gasteiger partial charge in [-0.1, -0.05) is 61.4 Å². The van der Waals surface area contributed by atoms with Crippen molar-refractivity contribution in [3.63, 3.8) is 0 Å². The van der Waals surface area contributed by atoms with Gasteiger partial charge < -0.3 is 15.0 Å². The van der Waals surface area contributed by atoms with E-state index in [1.165, 1.54) is 17.0 Å². The molecule has 3 rings (SSSR count). The van der Waals surface area contributed by atoms with E-state index in [0.717, 1.165) is 28.3 Å². The molecule has 0 fully saturated rings. The highest BCUT2D eigenvalue weighted by Crippen LogP contribution is 2.26.